The van der Waals surface area contributed by atoms with Gasteiger partial charge in [0.25, 0.3) is 0 Å². The van der Waals surface area contributed by atoms with E-state index in [1.807, 2.05) is 24.3 Å². The summed E-state index contributed by atoms with van der Waals surface area (Å²) in [6.45, 7) is 4.25. The SMILES string of the molecule is COc1ccc([C@H](CC(C)C)NC(=O)CCc2ccccc2F)cc1. The van der Waals surface area contributed by atoms with E-state index >= 15 is 0 Å². The van der Waals surface area contributed by atoms with Gasteiger partial charge in [-0.15, -0.1) is 0 Å². The van der Waals surface area contributed by atoms with E-state index < -0.39 is 0 Å². The molecule has 0 aliphatic carbocycles. The summed E-state index contributed by atoms with van der Waals surface area (Å²) >= 11 is 0. The van der Waals surface area contributed by atoms with Crippen molar-refractivity contribution in [3.63, 3.8) is 0 Å². The summed E-state index contributed by atoms with van der Waals surface area (Å²) in [7, 11) is 1.63. The maximum atomic E-state index is 13.7. The fourth-order valence-corrected chi connectivity index (χ4v) is 2.80. The number of hydrogen-bond donors (Lipinski definition) is 1. The van der Waals surface area contributed by atoms with Gasteiger partial charge in [0.05, 0.1) is 13.2 Å². The normalized spacial score (nSPS) is 12.0. The van der Waals surface area contributed by atoms with Crippen LogP contribution in [-0.4, -0.2) is 13.0 Å². The number of amides is 1. The Labute approximate surface area is 149 Å². The van der Waals surface area contributed by atoms with Gasteiger partial charge in [0.1, 0.15) is 11.6 Å². The van der Waals surface area contributed by atoms with Crippen molar-refractivity contribution in [2.75, 3.05) is 7.11 Å². The molecule has 2 rings (SSSR count). The summed E-state index contributed by atoms with van der Waals surface area (Å²) in [4.78, 5) is 12.4. The van der Waals surface area contributed by atoms with Gasteiger partial charge in [0, 0.05) is 6.42 Å². The van der Waals surface area contributed by atoms with Gasteiger partial charge in [-0.2, -0.15) is 0 Å². The number of carbonyl (C=O) groups is 1. The van der Waals surface area contributed by atoms with Crippen LogP contribution in [0.25, 0.3) is 0 Å². The van der Waals surface area contributed by atoms with E-state index in [0.717, 1.165) is 17.7 Å². The quantitative estimate of drug-likeness (QED) is 0.756. The smallest absolute Gasteiger partial charge is 0.220 e. The highest BCUT2D eigenvalue weighted by Crippen LogP contribution is 2.24. The maximum Gasteiger partial charge on any atom is 0.220 e. The molecule has 0 saturated carbocycles. The minimum atomic E-state index is -0.260. The Kier molecular flexibility index (Phi) is 6.99. The van der Waals surface area contributed by atoms with Crippen LogP contribution in [0.3, 0.4) is 0 Å². The second kappa shape index (κ2) is 9.21. The molecule has 0 saturated heterocycles. The summed E-state index contributed by atoms with van der Waals surface area (Å²) in [6.07, 6.45) is 1.51. The molecule has 4 heteroatoms. The summed E-state index contributed by atoms with van der Waals surface area (Å²) < 4.78 is 18.9. The lowest BCUT2D eigenvalue weighted by atomic mass is 9.96. The third-order valence-corrected chi connectivity index (χ3v) is 4.14. The zero-order valence-electron chi connectivity index (χ0n) is 15.1. The first-order chi connectivity index (χ1) is 12.0. The van der Waals surface area contributed by atoms with Crippen molar-refractivity contribution in [2.45, 2.75) is 39.2 Å². The number of ether oxygens (including phenoxy) is 1. The Morgan fingerprint density at radius 3 is 2.40 bits per heavy atom. The minimum Gasteiger partial charge on any atom is -0.497 e. The molecule has 25 heavy (non-hydrogen) atoms. The molecule has 0 aliphatic heterocycles. The van der Waals surface area contributed by atoms with Gasteiger partial charge in [0.15, 0.2) is 0 Å². The van der Waals surface area contributed by atoms with E-state index in [4.69, 9.17) is 4.74 Å². The van der Waals surface area contributed by atoms with Gasteiger partial charge >= 0.3 is 0 Å². The van der Waals surface area contributed by atoms with E-state index in [1.54, 1.807) is 25.3 Å². The van der Waals surface area contributed by atoms with Crippen LogP contribution in [-0.2, 0) is 11.2 Å². The second-order valence-corrected chi connectivity index (χ2v) is 6.61. The van der Waals surface area contributed by atoms with Gasteiger partial charge in [-0.05, 0) is 48.1 Å². The summed E-state index contributed by atoms with van der Waals surface area (Å²) in [5.41, 5.74) is 1.62. The fraction of sp³-hybridized carbons (Fsp3) is 0.381. The first kappa shape index (κ1) is 19.0. The van der Waals surface area contributed by atoms with Crippen LogP contribution in [0.5, 0.6) is 5.75 Å². The van der Waals surface area contributed by atoms with E-state index in [2.05, 4.69) is 19.2 Å². The molecule has 0 radical (unpaired) electrons. The molecule has 1 atom stereocenters. The number of rotatable bonds is 8. The molecule has 3 nitrogen and oxygen atoms in total. The van der Waals surface area contributed by atoms with Crippen molar-refractivity contribution in [2.24, 2.45) is 5.92 Å². The van der Waals surface area contributed by atoms with E-state index in [1.165, 1.54) is 6.07 Å². The molecular formula is C21H26FNO2. The van der Waals surface area contributed by atoms with Gasteiger partial charge in [-0.25, -0.2) is 4.39 Å². The zero-order chi connectivity index (χ0) is 18.2. The van der Waals surface area contributed by atoms with Crippen molar-refractivity contribution >= 4 is 5.91 Å². The number of methoxy groups -OCH3 is 1. The largest absolute Gasteiger partial charge is 0.497 e. The topological polar surface area (TPSA) is 38.3 Å². The molecule has 0 bridgehead atoms. The standard InChI is InChI=1S/C21H26FNO2/c1-15(2)14-20(17-8-11-18(25-3)12-9-17)23-21(24)13-10-16-6-4-5-7-19(16)22/h4-9,11-12,15,20H,10,13-14H2,1-3H3,(H,23,24)/t20-/m0/s1. The highest BCUT2D eigenvalue weighted by Gasteiger charge is 2.16. The molecule has 0 aromatic heterocycles. The van der Waals surface area contributed by atoms with Crippen LogP contribution in [0.1, 0.15) is 43.9 Å². The van der Waals surface area contributed by atoms with Gasteiger partial charge in [0.2, 0.25) is 5.91 Å². The lowest BCUT2D eigenvalue weighted by molar-refractivity contribution is -0.121. The Bertz CT molecular complexity index is 683. The number of nitrogens with one attached hydrogen (secondary N) is 1. The summed E-state index contributed by atoms with van der Waals surface area (Å²) in [5, 5.41) is 3.09. The predicted octanol–water partition coefficient (Wildman–Crippen LogP) is 4.67. The first-order valence-corrected chi connectivity index (χ1v) is 8.66. The van der Waals surface area contributed by atoms with Crippen LogP contribution >= 0.6 is 0 Å². The average Bonchev–Trinajstić information content (AvgIpc) is 2.60. The van der Waals surface area contributed by atoms with E-state index in [-0.39, 0.29) is 24.2 Å². The fourth-order valence-electron chi connectivity index (χ4n) is 2.80. The average molecular weight is 343 g/mol. The molecule has 0 heterocycles. The molecule has 134 valence electrons. The van der Waals surface area contributed by atoms with E-state index in [0.29, 0.717) is 17.9 Å². The lowest BCUT2D eigenvalue weighted by Crippen LogP contribution is -2.29. The molecular weight excluding hydrogens is 317 g/mol. The number of hydrogen-bond acceptors (Lipinski definition) is 2. The summed E-state index contributed by atoms with van der Waals surface area (Å²) in [6, 6.07) is 14.3. The molecule has 2 aromatic carbocycles. The Morgan fingerprint density at radius 2 is 1.80 bits per heavy atom. The third kappa shape index (κ3) is 5.89. The number of halogens is 1. The van der Waals surface area contributed by atoms with Crippen LogP contribution in [0, 0.1) is 11.7 Å². The van der Waals surface area contributed by atoms with Crippen LogP contribution in [0.15, 0.2) is 48.5 Å². The molecule has 1 N–H and O–H groups in total. The van der Waals surface area contributed by atoms with Crippen molar-refractivity contribution in [1.29, 1.82) is 0 Å². The third-order valence-electron chi connectivity index (χ3n) is 4.14. The summed E-state index contributed by atoms with van der Waals surface area (Å²) in [5.74, 6) is 0.908. The molecule has 0 fully saturated rings. The van der Waals surface area contributed by atoms with E-state index in [9.17, 15) is 9.18 Å². The first-order valence-electron chi connectivity index (χ1n) is 8.66. The second-order valence-electron chi connectivity index (χ2n) is 6.61. The van der Waals surface area contributed by atoms with Crippen molar-refractivity contribution in [1.82, 2.24) is 5.32 Å². The Balaban J connectivity index is 2.00. The molecule has 2 aromatic rings. The molecule has 0 aliphatic rings. The minimum absolute atomic E-state index is 0.0565. The van der Waals surface area contributed by atoms with Gasteiger partial charge in [-0.3, -0.25) is 4.79 Å². The van der Waals surface area contributed by atoms with Crippen LogP contribution in [0.2, 0.25) is 0 Å². The van der Waals surface area contributed by atoms with Crippen molar-refractivity contribution < 1.29 is 13.9 Å². The van der Waals surface area contributed by atoms with Gasteiger partial charge in [-0.1, -0.05) is 44.2 Å². The zero-order valence-corrected chi connectivity index (χ0v) is 15.1. The maximum absolute atomic E-state index is 13.7. The predicted molar refractivity (Wildman–Crippen MR) is 98.1 cm³/mol. The monoisotopic (exact) mass is 343 g/mol. The molecule has 0 spiro atoms. The molecule has 1 amide bonds. The van der Waals surface area contributed by atoms with Gasteiger partial charge < -0.3 is 10.1 Å². The van der Waals surface area contributed by atoms with Crippen LogP contribution < -0.4 is 10.1 Å². The Morgan fingerprint density at radius 1 is 1.12 bits per heavy atom. The van der Waals surface area contributed by atoms with Crippen molar-refractivity contribution in [3.8, 4) is 5.75 Å². The highest BCUT2D eigenvalue weighted by molar-refractivity contribution is 5.76. The lowest BCUT2D eigenvalue weighted by Gasteiger charge is -2.21. The highest BCUT2D eigenvalue weighted by atomic mass is 19.1. The Hall–Kier alpha value is -2.36. The van der Waals surface area contributed by atoms with Crippen LogP contribution in [0.4, 0.5) is 4.39 Å². The molecule has 0 unspecified atom stereocenters. The number of benzene rings is 2. The number of carbonyl (C=O) groups excluding carboxylic acids is 1. The number of aryl methyl sites for hydroxylation is 1. The van der Waals surface area contributed by atoms with Crippen molar-refractivity contribution in [3.05, 3.63) is 65.5 Å².